The lowest BCUT2D eigenvalue weighted by Crippen LogP contribution is -2.37. The highest BCUT2D eigenvalue weighted by atomic mass is 32.2. The van der Waals surface area contributed by atoms with Crippen molar-refractivity contribution in [3.63, 3.8) is 0 Å². The van der Waals surface area contributed by atoms with Gasteiger partial charge in [0.25, 0.3) is 5.91 Å². The SMILES string of the molecule is CCNCc1ccc(-c2cc(C(N)=O)c3[nH]cc(C4CCN(SCCCN5CCOCC5)CC4)c3c2)s1. The number of hydrogen-bond acceptors (Lipinski definition) is 7. The zero-order valence-electron chi connectivity index (χ0n) is 21.8. The molecule has 9 heteroatoms. The Bertz CT molecular complexity index is 1180. The minimum atomic E-state index is -0.382. The highest BCUT2D eigenvalue weighted by molar-refractivity contribution is 7.97. The number of fused-ring (bicyclic) bond motifs is 1. The molecule has 0 aliphatic carbocycles. The Balaban J connectivity index is 1.24. The quantitative estimate of drug-likeness (QED) is 0.242. The molecule has 200 valence electrons. The smallest absolute Gasteiger partial charge is 0.250 e. The summed E-state index contributed by atoms with van der Waals surface area (Å²) < 4.78 is 7.99. The zero-order valence-corrected chi connectivity index (χ0v) is 23.4. The number of thiophene rings is 1. The second kappa shape index (κ2) is 12.8. The first-order valence-corrected chi connectivity index (χ1v) is 15.3. The number of morpholine rings is 1. The summed E-state index contributed by atoms with van der Waals surface area (Å²) in [5.74, 6) is 1.28. The van der Waals surface area contributed by atoms with Crippen molar-refractivity contribution in [2.45, 2.75) is 38.6 Å². The summed E-state index contributed by atoms with van der Waals surface area (Å²) in [5.41, 5.74) is 9.67. The third-order valence-electron chi connectivity index (χ3n) is 7.47. The average Bonchev–Trinajstić information content (AvgIpc) is 3.58. The largest absolute Gasteiger partial charge is 0.379 e. The molecule has 7 nitrogen and oxygen atoms in total. The molecule has 3 aromatic rings. The number of carbonyl (C=O) groups is 1. The van der Waals surface area contributed by atoms with Crippen LogP contribution >= 0.6 is 23.3 Å². The van der Waals surface area contributed by atoms with Gasteiger partial charge in [-0.1, -0.05) is 18.9 Å². The third-order valence-corrected chi connectivity index (χ3v) is 9.81. The van der Waals surface area contributed by atoms with Crippen LogP contribution in [0.5, 0.6) is 0 Å². The summed E-state index contributed by atoms with van der Waals surface area (Å²) in [5, 5.41) is 4.53. The number of piperidine rings is 1. The second-order valence-electron chi connectivity index (χ2n) is 9.95. The normalized spacial score (nSPS) is 18.1. The van der Waals surface area contributed by atoms with Crippen molar-refractivity contribution in [2.75, 3.05) is 58.2 Å². The molecule has 37 heavy (non-hydrogen) atoms. The molecule has 0 atom stereocenters. The topological polar surface area (TPSA) is 86.6 Å². The zero-order chi connectivity index (χ0) is 25.6. The first kappa shape index (κ1) is 26.7. The van der Waals surface area contributed by atoms with Crippen LogP contribution < -0.4 is 11.1 Å². The van der Waals surface area contributed by atoms with Crippen LogP contribution in [0.2, 0.25) is 0 Å². The molecule has 0 bridgehead atoms. The van der Waals surface area contributed by atoms with Crippen LogP contribution in [0.1, 0.15) is 52.9 Å². The lowest BCUT2D eigenvalue weighted by atomic mass is 9.89. The fourth-order valence-electron chi connectivity index (χ4n) is 5.41. The lowest BCUT2D eigenvalue weighted by Gasteiger charge is -2.31. The molecular weight excluding hydrogens is 502 g/mol. The molecule has 0 spiro atoms. The molecule has 5 rings (SSSR count). The van der Waals surface area contributed by atoms with Gasteiger partial charge in [-0.2, -0.15) is 0 Å². The molecule has 1 amide bonds. The van der Waals surface area contributed by atoms with E-state index in [0.29, 0.717) is 11.5 Å². The molecule has 2 aliphatic rings. The number of primary amides is 1. The van der Waals surface area contributed by atoms with Gasteiger partial charge < -0.3 is 20.8 Å². The number of amides is 1. The van der Waals surface area contributed by atoms with Crippen molar-refractivity contribution >= 4 is 40.1 Å². The van der Waals surface area contributed by atoms with Crippen molar-refractivity contribution in [1.29, 1.82) is 0 Å². The third kappa shape index (κ3) is 6.58. The van der Waals surface area contributed by atoms with Gasteiger partial charge in [-0.25, -0.2) is 0 Å². The predicted molar refractivity (Wildman–Crippen MR) is 155 cm³/mol. The van der Waals surface area contributed by atoms with Crippen molar-refractivity contribution in [1.82, 2.24) is 19.5 Å². The van der Waals surface area contributed by atoms with Gasteiger partial charge in [-0.3, -0.25) is 14.0 Å². The number of aromatic nitrogens is 1. The van der Waals surface area contributed by atoms with Crippen LogP contribution in [0, 0.1) is 0 Å². The second-order valence-corrected chi connectivity index (χ2v) is 12.3. The van der Waals surface area contributed by atoms with Gasteiger partial charge in [0.05, 0.1) is 24.3 Å². The number of benzene rings is 1. The standard InChI is InChI=1S/C28H39N5O2S2/c1-2-30-18-22-4-5-26(37-22)21-16-23-25(19-31-27(23)24(17-21)28(29)34)20-6-9-33(10-7-20)36-15-3-8-32-11-13-35-14-12-32/h4-5,16-17,19-20,30-31H,2-3,6-15,18H2,1H3,(H2,29,34). The van der Waals surface area contributed by atoms with Crippen molar-refractivity contribution in [3.8, 4) is 10.4 Å². The maximum absolute atomic E-state index is 12.4. The van der Waals surface area contributed by atoms with Gasteiger partial charge in [0.1, 0.15) is 0 Å². The number of rotatable bonds is 11. The van der Waals surface area contributed by atoms with Crippen LogP contribution in [0.4, 0.5) is 0 Å². The highest BCUT2D eigenvalue weighted by Gasteiger charge is 2.25. The van der Waals surface area contributed by atoms with Crippen molar-refractivity contribution in [3.05, 3.63) is 46.5 Å². The van der Waals surface area contributed by atoms with Gasteiger partial charge in [0.2, 0.25) is 0 Å². The number of nitrogens with one attached hydrogen (secondary N) is 2. The number of hydrogen-bond donors (Lipinski definition) is 3. The molecule has 2 aromatic heterocycles. The Kier molecular flexibility index (Phi) is 9.23. The van der Waals surface area contributed by atoms with Gasteiger partial charge in [0.15, 0.2) is 0 Å². The minimum Gasteiger partial charge on any atom is -0.379 e. The van der Waals surface area contributed by atoms with Gasteiger partial charge in [0, 0.05) is 59.8 Å². The van der Waals surface area contributed by atoms with Crippen LogP contribution in [-0.4, -0.2) is 78.3 Å². The molecule has 0 radical (unpaired) electrons. The number of ether oxygens (including phenoxy) is 1. The molecule has 4 N–H and O–H groups in total. The lowest BCUT2D eigenvalue weighted by molar-refractivity contribution is 0.0381. The number of nitrogens with zero attached hydrogens (tertiary/aromatic N) is 2. The Morgan fingerprint density at radius 3 is 2.78 bits per heavy atom. The molecular formula is C28H39N5O2S2. The summed E-state index contributed by atoms with van der Waals surface area (Å²) in [7, 11) is 0. The fraction of sp³-hybridized carbons (Fsp3) is 0.536. The average molecular weight is 542 g/mol. The molecule has 0 unspecified atom stereocenters. The van der Waals surface area contributed by atoms with Gasteiger partial charge in [-0.15, -0.1) is 11.3 Å². The van der Waals surface area contributed by atoms with Crippen LogP contribution in [0.3, 0.4) is 0 Å². The summed E-state index contributed by atoms with van der Waals surface area (Å²) in [6.45, 7) is 11.2. The number of H-pyrrole nitrogens is 1. The minimum absolute atomic E-state index is 0.382. The van der Waals surface area contributed by atoms with E-state index >= 15 is 0 Å². The van der Waals surface area contributed by atoms with Crippen LogP contribution in [-0.2, 0) is 11.3 Å². The summed E-state index contributed by atoms with van der Waals surface area (Å²) in [6.07, 6.45) is 5.60. The molecule has 1 aromatic carbocycles. The Labute approximate surface area is 228 Å². The maximum atomic E-state index is 12.4. The number of aromatic amines is 1. The summed E-state index contributed by atoms with van der Waals surface area (Å²) in [4.78, 5) is 20.8. The fourth-order valence-corrected chi connectivity index (χ4v) is 7.36. The van der Waals surface area contributed by atoms with E-state index < -0.39 is 0 Å². The van der Waals surface area contributed by atoms with E-state index in [4.69, 9.17) is 10.5 Å². The number of carbonyl (C=O) groups excluding carboxylic acids is 1. The summed E-state index contributed by atoms with van der Waals surface area (Å²) >= 11 is 3.78. The van der Waals surface area contributed by atoms with Crippen molar-refractivity contribution < 1.29 is 9.53 Å². The Hall–Kier alpha value is -1.88. The number of nitrogens with two attached hydrogens (primary N) is 1. The van der Waals surface area contributed by atoms with Gasteiger partial charge in [-0.05, 0) is 73.7 Å². The van der Waals surface area contributed by atoms with E-state index in [1.54, 1.807) is 11.3 Å². The van der Waals surface area contributed by atoms with E-state index in [1.165, 1.54) is 34.0 Å². The summed E-state index contributed by atoms with van der Waals surface area (Å²) in [6, 6.07) is 8.53. The van der Waals surface area contributed by atoms with Crippen molar-refractivity contribution in [2.24, 2.45) is 5.73 Å². The molecule has 4 heterocycles. The molecule has 0 saturated carbocycles. The van der Waals surface area contributed by atoms with Crippen LogP contribution in [0.25, 0.3) is 21.3 Å². The van der Waals surface area contributed by atoms with E-state index in [1.807, 2.05) is 18.0 Å². The maximum Gasteiger partial charge on any atom is 0.250 e. The first-order chi connectivity index (χ1) is 18.1. The van der Waals surface area contributed by atoms with E-state index in [-0.39, 0.29) is 5.91 Å². The predicted octanol–water partition coefficient (Wildman–Crippen LogP) is 4.65. The first-order valence-electron chi connectivity index (χ1n) is 13.5. The molecule has 2 fully saturated rings. The Morgan fingerprint density at radius 2 is 2.03 bits per heavy atom. The monoisotopic (exact) mass is 541 g/mol. The van der Waals surface area contributed by atoms with E-state index in [9.17, 15) is 4.79 Å². The molecule has 2 saturated heterocycles. The Morgan fingerprint density at radius 1 is 1.22 bits per heavy atom. The van der Waals surface area contributed by atoms with E-state index in [2.05, 4.69) is 50.8 Å². The van der Waals surface area contributed by atoms with Crippen LogP contribution in [0.15, 0.2) is 30.5 Å². The molecule has 2 aliphatic heterocycles. The highest BCUT2D eigenvalue weighted by Crippen LogP contribution is 2.39. The van der Waals surface area contributed by atoms with E-state index in [0.717, 1.165) is 81.8 Å². The van der Waals surface area contributed by atoms with Gasteiger partial charge >= 0.3 is 0 Å².